The molecule has 1 atom stereocenters. The van der Waals surface area contributed by atoms with Gasteiger partial charge in [-0.25, -0.2) is 13.2 Å². The van der Waals surface area contributed by atoms with Gasteiger partial charge >= 0.3 is 5.97 Å². The van der Waals surface area contributed by atoms with Crippen molar-refractivity contribution in [2.45, 2.75) is 37.3 Å². The minimum atomic E-state index is -3.54. The number of furan rings is 1. The van der Waals surface area contributed by atoms with E-state index >= 15 is 0 Å². The molecule has 0 bridgehead atoms. The number of benzene rings is 1. The van der Waals surface area contributed by atoms with Crippen LogP contribution in [0.3, 0.4) is 0 Å². The summed E-state index contributed by atoms with van der Waals surface area (Å²) in [5, 5.41) is 2.61. The molecule has 1 saturated heterocycles. The minimum Gasteiger partial charge on any atom is -0.467 e. The first-order chi connectivity index (χ1) is 13.4. The van der Waals surface area contributed by atoms with Gasteiger partial charge in [0.2, 0.25) is 10.0 Å². The van der Waals surface area contributed by atoms with E-state index in [1.165, 1.54) is 41.8 Å². The van der Waals surface area contributed by atoms with Crippen LogP contribution in [-0.2, 0) is 26.1 Å². The molecule has 1 aromatic carbocycles. The first-order valence-electron chi connectivity index (χ1n) is 8.99. The van der Waals surface area contributed by atoms with Crippen LogP contribution in [0.5, 0.6) is 0 Å². The molecular weight excluding hydrogens is 384 g/mol. The van der Waals surface area contributed by atoms with Gasteiger partial charge in [0.25, 0.3) is 5.91 Å². The Morgan fingerprint density at radius 1 is 1.18 bits per heavy atom. The van der Waals surface area contributed by atoms with E-state index in [-0.39, 0.29) is 17.0 Å². The van der Waals surface area contributed by atoms with E-state index in [1.54, 1.807) is 12.1 Å². The summed E-state index contributed by atoms with van der Waals surface area (Å²) < 4.78 is 36.7. The SMILES string of the molecule is C[C@H](OC(=O)c1ccc(S(=O)(=O)N2CCCC2)cc1)C(=O)NCc1ccco1. The molecule has 1 aromatic heterocycles. The average molecular weight is 406 g/mol. The monoisotopic (exact) mass is 406 g/mol. The van der Waals surface area contributed by atoms with Crippen molar-refractivity contribution in [3.63, 3.8) is 0 Å². The van der Waals surface area contributed by atoms with Crippen molar-refractivity contribution < 1.29 is 27.2 Å². The Balaban J connectivity index is 1.57. The summed E-state index contributed by atoms with van der Waals surface area (Å²) in [5.74, 6) is -0.578. The number of nitrogens with one attached hydrogen (secondary N) is 1. The minimum absolute atomic E-state index is 0.134. The lowest BCUT2D eigenvalue weighted by molar-refractivity contribution is -0.129. The molecule has 0 radical (unpaired) electrons. The summed E-state index contributed by atoms with van der Waals surface area (Å²) in [6.45, 7) is 2.67. The molecule has 9 heteroatoms. The predicted molar refractivity (Wildman–Crippen MR) is 99.9 cm³/mol. The molecule has 1 aliphatic rings. The lowest BCUT2D eigenvalue weighted by Gasteiger charge is -2.16. The topological polar surface area (TPSA) is 106 Å². The van der Waals surface area contributed by atoms with Gasteiger partial charge in [-0.15, -0.1) is 0 Å². The van der Waals surface area contributed by atoms with Gasteiger partial charge in [0.05, 0.1) is 23.3 Å². The predicted octanol–water partition coefficient (Wildman–Crippen LogP) is 1.93. The normalized spacial score (nSPS) is 15.9. The number of nitrogens with zero attached hydrogens (tertiary/aromatic N) is 1. The summed E-state index contributed by atoms with van der Waals surface area (Å²) in [5.41, 5.74) is 0.172. The largest absolute Gasteiger partial charge is 0.467 e. The van der Waals surface area contributed by atoms with Crippen molar-refractivity contribution in [2.75, 3.05) is 13.1 Å². The van der Waals surface area contributed by atoms with Crippen LogP contribution < -0.4 is 5.32 Å². The molecule has 150 valence electrons. The molecule has 1 fully saturated rings. The zero-order valence-electron chi connectivity index (χ0n) is 15.5. The Bertz CT molecular complexity index is 916. The van der Waals surface area contributed by atoms with Gasteiger partial charge < -0.3 is 14.5 Å². The lowest BCUT2D eigenvalue weighted by atomic mass is 10.2. The second-order valence-electron chi connectivity index (χ2n) is 6.48. The fraction of sp³-hybridized carbons (Fsp3) is 0.368. The summed E-state index contributed by atoms with van der Waals surface area (Å²) in [4.78, 5) is 24.4. The summed E-state index contributed by atoms with van der Waals surface area (Å²) in [6, 6.07) is 8.96. The fourth-order valence-corrected chi connectivity index (χ4v) is 4.37. The van der Waals surface area contributed by atoms with Gasteiger partial charge in [-0.1, -0.05) is 0 Å². The first kappa shape index (κ1) is 20.1. The Hall–Kier alpha value is -2.65. The molecule has 3 rings (SSSR count). The maximum Gasteiger partial charge on any atom is 0.338 e. The smallest absolute Gasteiger partial charge is 0.338 e. The van der Waals surface area contributed by atoms with Crippen molar-refractivity contribution in [3.8, 4) is 0 Å². The molecule has 0 aliphatic carbocycles. The molecule has 0 saturated carbocycles. The van der Waals surface area contributed by atoms with Gasteiger partial charge in [-0.2, -0.15) is 4.31 Å². The Morgan fingerprint density at radius 3 is 2.46 bits per heavy atom. The third-order valence-electron chi connectivity index (χ3n) is 4.46. The molecule has 1 N–H and O–H groups in total. The molecule has 1 amide bonds. The van der Waals surface area contributed by atoms with E-state index in [1.807, 2.05) is 0 Å². The summed E-state index contributed by atoms with van der Waals surface area (Å²) >= 11 is 0. The number of esters is 1. The van der Waals surface area contributed by atoms with Crippen LogP contribution in [0.15, 0.2) is 52.0 Å². The highest BCUT2D eigenvalue weighted by Gasteiger charge is 2.27. The van der Waals surface area contributed by atoms with E-state index in [9.17, 15) is 18.0 Å². The van der Waals surface area contributed by atoms with E-state index in [2.05, 4.69) is 5.32 Å². The van der Waals surface area contributed by atoms with Crippen LogP contribution in [0.2, 0.25) is 0 Å². The second-order valence-corrected chi connectivity index (χ2v) is 8.42. The molecule has 1 aliphatic heterocycles. The maximum atomic E-state index is 12.5. The zero-order valence-corrected chi connectivity index (χ0v) is 16.3. The van der Waals surface area contributed by atoms with Crippen LogP contribution in [0.1, 0.15) is 35.9 Å². The van der Waals surface area contributed by atoms with Crippen LogP contribution in [0, 0.1) is 0 Å². The number of hydrogen-bond acceptors (Lipinski definition) is 6. The van der Waals surface area contributed by atoms with Gasteiger partial charge in [0.15, 0.2) is 6.10 Å². The quantitative estimate of drug-likeness (QED) is 0.704. The third kappa shape index (κ3) is 4.60. The van der Waals surface area contributed by atoms with Gasteiger partial charge in [-0.05, 0) is 56.2 Å². The lowest BCUT2D eigenvalue weighted by Crippen LogP contribution is -2.35. The Morgan fingerprint density at radius 2 is 1.86 bits per heavy atom. The number of amides is 1. The number of carbonyl (C=O) groups excluding carboxylic acids is 2. The summed E-state index contributed by atoms with van der Waals surface area (Å²) in [7, 11) is -3.54. The molecule has 2 aromatic rings. The summed E-state index contributed by atoms with van der Waals surface area (Å²) in [6.07, 6.45) is 2.20. The van der Waals surface area contributed by atoms with Crippen molar-refractivity contribution in [3.05, 3.63) is 54.0 Å². The molecule has 0 unspecified atom stereocenters. The Kier molecular flexibility index (Phi) is 6.15. The third-order valence-corrected chi connectivity index (χ3v) is 6.38. The zero-order chi connectivity index (χ0) is 20.1. The van der Waals surface area contributed by atoms with Crippen LogP contribution >= 0.6 is 0 Å². The molecule has 2 heterocycles. The van der Waals surface area contributed by atoms with E-state index in [0.717, 1.165) is 12.8 Å². The standard InChI is InChI=1S/C19H22N2O6S/c1-14(18(22)20-13-16-5-4-12-26-16)27-19(23)15-6-8-17(9-7-15)28(24,25)21-10-2-3-11-21/h4-9,12,14H,2-3,10-11,13H2,1H3,(H,20,22)/t14-/m0/s1. The van der Waals surface area contributed by atoms with E-state index in [4.69, 9.17) is 9.15 Å². The van der Waals surface area contributed by atoms with Crippen molar-refractivity contribution >= 4 is 21.9 Å². The van der Waals surface area contributed by atoms with Gasteiger partial charge in [-0.3, -0.25) is 4.79 Å². The highest BCUT2D eigenvalue weighted by molar-refractivity contribution is 7.89. The second kappa shape index (κ2) is 8.57. The number of hydrogen-bond donors (Lipinski definition) is 1. The Labute approximate surface area is 163 Å². The highest BCUT2D eigenvalue weighted by atomic mass is 32.2. The van der Waals surface area contributed by atoms with Crippen molar-refractivity contribution in [2.24, 2.45) is 0 Å². The molecule has 28 heavy (non-hydrogen) atoms. The van der Waals surface area contributed by atoms with Crippen LogP contribution in [0.25, 0.3) is 0 Å². The van der Waals surface area contributed by atoms with Crippen LogP contribution in [-0.4, -0.2) is 43.8 Å². The van der Waals surface area contributed by atoms with Gasteiger partial charge in [0, 0.05) is 13.1 Å². The van der Waals surface area contributed by atoms with Crippen molar-refractivity contribution in [1.82, 2.24) is 9.62 Å². The first-order valence-corrected chi connectivity index (χ1v) is 10.4. The molecule has 8 nitrogen and oxygen atoms in total. The van der Waals surface area contributed by atoms with Gasteiger partial charge in [0.1, 0.15) is 5.76 Å². The maximum absolute atomic E-state index is 12.5. The van der Waals surface area contributed by atoms with E-state index < -0.39 is 28.0 Å². The highest BCUT2D eigenvalue weighted by Crippen LogP contribution is 2.21. The number of carbonyl (C=O) groups is 2. The number of rotatable bonds is 7. The van der Waals surface area contributed by atoms with E-state index in [0.29, 0.717) is 18.8 Å². The van der Waals surface area contributed by atoms with Crippen molar-refractivity contribution in [1.29, 1.82) is 0 Å². The average Bonchev–Trinajstić information content (AvgIpc) is 3.40. The molecule has 0 spiro atoms. The van der Waals surface area contributed by atoms with Crippen LogP contribution in [0.4, 0.5) is 0 Å². The number of sulfonamides is 1. The molecular formula is C19H22N2O6S. The fourth-order valence-electron chi connectivity index (χ4n) is 2.85. The number of ether oxygens (including phenoxy) is 1.